The molecule has 146 valence electrons. The molecule has 1 atom stereocenters. The first-order chi connectivity index (χ1) is 13.5. The fourth-order valence-electron chi connectivity index (χ4n) is 3.17. The zero-order chi connectivity index (χ0) is 20.1. The molecule has 2 aromatic carbocycles. The molecule has 0 aliphatic carbocycles. The number of carboxylic acids is 1. The molecule has 5 nitrogen and oxygen atoms in total. The standard InChI is InChI=1S/C23H27N3O2/c1-4-18-10-12-20(13-11-18)22-21(15-25(3)17(2)23(27)28)16-26(24-22)14-19-8-6-5-7-9-19/h5-13,16-17H,4,14-15H2,1-3H3,(H,27,28). The van der Waals surface area contributed by atoms with Crippen molar-refractivity contribution < 1.29 is 9.90 Å². The average Bonchev–Trinajstić information content (AvgIpc) is 3.10. The summed E-state index contributed by atoms with van der Waals surface area (Å²) in [6.07, 6.45) is 3.02. The van der Waals surface area contributed by atoms with Crippen LogP contribution in [0.3, 0.4) is 0 Å². The SMILES string of the molecule is CCc1ccc(-c2nn(Cc3ccccc3)cc2CN(C)C(C)C(=O)O)cc1. The molecule has 0 fully saturated rings. The van der Waals surface area contributed by atoms with Gasteiger partial charge in [-0.05, 0) is 31.5 Å². The van der Waals surface area contributed by atoms with Gasteiger partial charge in [0.15, 0.2) is 0 Å². The quantitative estimate of drug-likeness (QED) is 0.643. The molecule has 0 aliphatic heterocycles. The minimum Gasteiger partial charge on any atom is -0.480 e. The van der Waals surface area contributed by atoms with Gasteiger partial charge in [-0.1, -0.05) is 61.5 Å². The second-order valence-electron chi connectivity index (χ2n) is 7.17. The summed E-state index contributed by atoms with van der Waals surface area (Å²) in [4.78, 5) is 13.2. The van der Waals surface area contributed by atoms with E-state index >= 15 is 0 Å². The Bertz CT molecular complexity index is 917. The van der Waals surface area contributed by atoms with Gasteiger partial charge in [-0.25, -0.2) is 0 Å². The second kappa shape index (κ2) is 8.85. The highest BCUT2D eigenvalue weighted by Gasteiger charge is 2.20. The molecule has 0 saturated carbocycles. The van der Waals surface area contributed by atoms with E-state index in [1.165, 1.54) is 11.1 Å². The highest BCUT2D eigenvalue weighted by molar-refractivity contribution is 5.73. The molecule has 3 aromatic rings. The Hall–Kier alpha value is -2.92. The summed E-state index contributed by atoms with van der Waals surface area (Å²) in [5, 5.41) is 14.1. The van der Waals surface area contributed by atoms with Gasteiger partial charge in [0.25, 0.3) is 0 Å². The topological polar surface area (TPSA) is 58.4 Å². The maximum Gasteiger partial charge on any atom is 0.320 e. The van der Waals surface area contributed by atoms with Crippen molar-refractivity contribution in [2.45, 2.75) is 39.4 Å². The number of benzene rings is 2. The van der Waals surface area contributed by atoms with Crippen molar-refractivity contribution in [2.24, 2.45) is 0 Å². The molecule has 0 radical (unpaired) electrons. The van der Waals surface area contributed by atoms with E-state index in [9.17, 15) is 9.90 Å². The van der Waals surface area contributed by atoms with Gasteiger partial charge < -0.3 is 5.11 Å². The smallest absolute Gasteiger partial charge is 0.320 e. The molecular weight excluding hydrogens is 350 g/mol. The van der Waals surface area contributed by atoms with E-state index in [2.05, 4.69) is 43.3 Å². The van der Waals surface area contributed by atoms with Crippen LogP contribution in [0.4, 0.5) is 0 Å². The highest BCUT2D eigenvalue weighted by Crippen LogP contribution is 2.25. The number of nitrogens with zero attached hydrogens (tertiary/aromatic N) is 3. The first-order valence-electron chi connectivity index (χ1n) is 9.60. The first kappa shape index (κ1) is 19.8. The summed E-state index contributed by atoms with van der Waals surface area (Å²) in [7, 11) is 1.83. The van der Waals surface area contributed by atoms with Gasteiger partial charge >= 0.3 is 5.97 Å². The van der Waals surface area contributed by atoms with Crippen molar-refractivity contribution in [3.63, 3.8) is 0 Å². The van der Waals surface area contributed by atoms with Crippen LogP contribution >= 0.6 is 0 Å². The van der Waals surface area contributed by atoms with Crippen LogP contribution in [0.15, 0.2) is 60.8 Å². The van der Waals surface area contributed by atoms with Gasteiger partial charge in [-0.3, -0.25) is 14.4 Å². The molecule has 1 N–H and O–H groups in total. The fourth-order valence-corrected chi connectivity index (χ4v) is 3.17. The number of hydrogen-bond acceptors (Lipinski definition) is 3. The summed E-state index contributed by atoms with van der Waals surface area (Å²) >= 11 is 0. The normalized spacial score (nSPS) is 12.3. The van der Waals surface area contributed by atoms with Crippen molar-refractivity contribution in [3.05, 3.63) is 77.5 Å². The number of carboxylic acid groups (broad SMARTS) is 1. The molecule has 28 heavy (non-hydrogen) atoms. The molecule has 0 bridgehead atoms. The van der Waals surface area contributed by atoms with Crippen LogP contribution in [0.2, 0.25) is 0 Å². The van der Waals surface area contributed by atoms with Gasteiger partial charge in [-0.15, -0.1) is 0 Å². The van der Waals surface area contributed by atoms with E-state index < -0.39 is 12.0 Å². The number of aromatic nitrogens is 2. The third-order valence-electron chi connectivity index (χ3n) is 5.10. The lowest BCUT2D eigenvalue weighted by Gasteiger charge is -2.20. The number of aryl methyl sites for hydroxylation is 1. The predicted octanol–water partition coefficient (Wildman–Crippen LogP) is 4.07. The largest absolute Gasteiger partial charge is 0.480 e. The minimum absolute atomic E-state index is 0.521. The summed E-state index contributed by atoms with van der Waals surface area (Å²) in [5.41, 5.74) is 5.44. The van der Waals surface area contributed by atoms with Crippen LogP contribution in [0.5, 0.6) is 0 Å². The minimum atomic E-state index is -0.826. The maximum atomic E-state index is 11.3. The van der Waals surface area contributed by atoms with Gasteiger partial charge in [0.05, 0.1) is 12.2 Å². The monoisotopic (exact) mass is 377 g/mol. The lowest BCUT2D eigenvalue weighted by molar-refractivity contribution is -0.142. The molecule has 0 amide bonds. The van der Waals surface area contributed by atoms with E-state index in [1.54, 1.807) is 6.92 Å². The summed E-state index contributed by atoms with van der Waals surface area (Å²) in [6.45, 7) is 5.04. The third-order valence-corrected chi connectivity index (χ3v) is 5.10. The molecular formula is C23H27N3O2. The van der Waals surface area contributed by atoms with E-state index in [1.807, 2.05) is 41.0 Å². The molecule has 0 spiro atoms. The van der Waals surface area contributed by atoms with Gasteiger partial charge in [0, 0.05) is 23.9 Å². The number of carbonyl (C=O) groups is 1. The molecule has 1 heterocycles. The van der Waals surface area contributed by atoms with Crippen molar-refractivity contribution >= 4 is 5.97 Å². The van der Waals surface area contributed by atoms with Crippen LogP contribution in [0, 0.1) is 0 Å². The van der Waals surface area contributed by atoms with Crippen molar-refractivity contribution in [2.75, 3.05) is 7.05 Å². The van der Waals surface area contributed by atoms with Gasteiger partial charge in [-0.2, -0.15) is 5.10 Å². The fraction of sp³-hybridized carbons (Fsp3) is 0.304. The third kappa shape index (κ3) is 4.67. The molecule has 3 rings (SSSR count). The lowest BCUT2D eigenvalue weighted by Crippen LogP contribution is -2.35. The highest BCUT2D eigenvalue weighted by atomic mass is 16.4. The lowest BCUT2D eigenvalue weighted by atomic mass is 10.0. The Morgan fingerprint density at radius 1 is 1.11 bits per heavy atom. The predicted molar refractivity (Wildman–Crippen MR) is 111 cm³/mol. The molecule has 1 aromatic heterocycles. The van der Waals surface area contributed by atoms with Crippen LogP contribution in [0.25, 0.3) is 11.3 Å². The summed E-state index contributed by atoms with van der Waals surface area (Å²) in [6, 6.07) is 18.1. The van der Waals surface area contributed by atoms with Crippen LogP contribution < -0.4 is 0 Å². The Labute approximate surface area is 166 Å². The number of aliphatic carboxylic acids is 1. The van der Waals surface area contributed by atoms with Gasteiger partial charge in [0.1, 0.15) is 6.04 Å². The zero-order valence-electron chi connectivity index (χ0n) is 16.7. The Morgan fingerprint density at radius 3 is 2.39 bits per heavy atom. The summed E-state index contributed by atoms with van der Waals surface area (Å²) < 4.78 is 1.94. The van der Waals surface area contributed by atoms with Crippen molar-refractivity contribution in [1.29, 1.82) is 0 Å². The summed E-state index contributed by atoms with van der Waals surface area (Å²) in [5.74, 6) is -0.826. The molecule has 0 aliphatic rings. The molecule has 0 saturated heterocycles. The van der Waals surface area contributed by atoms with E-state index in [4.69, 9.17) is 5.10 Å². The van der Waals surface area contributed by atoms with E-state index in [0.29, 0.717) is 13.1 Å². The molecule has 5 heteroatoms. The van der Waals surface area contributed by atoms with Crippen LogP contribution in [0.1, 0.15) is 30.5 Å². The van der Waals surface area contributed by atoms with E-state index in [0.717, 1.165) is 23.2 Å². The van der Waals surface area contributed by atoms with E-state index in [-0.39, 0.29) is 0 Å². The van der Waals surface area contributed by atoms with Gasteiger partial charge in [0.2, 0.25) is 0 Å². The van der Waals surface area contributed by atoms with Crippen LogP contribution in [-0.2, 0) is 24.3 Å². The number of hydrogen-bond donors (Lipinski definition) is 1. The number of rotatable bonds is 8. The zero-order valence-corrected chi connectivity index (χ0v) is 16.7. The first-order valence-corrected chi connectivity index (χ1v) is 9.60. The average molecular weight is 377 g/mol. The van der Waals surface area contributed by atoms with Crippen molar-refractivity contribution in [3.8, 4) is 11.3 Å². The second-order valence-corrected chi connectivity index (χ2v) is 7.17. The Kier molecular flexibility index (Phi) is 6.26. The number of likely N-dealkylation sites (N-methyl/N-ethyl adjacent to an activating group) is 1. The maximum absolute atomic E-state index is 11.3. The Morgan fingerprint density at radius 2 is 1.79 bits per heavy atom. The van der Waals surface area contributed by atoms with Crippen molar-refractivity contribution in [1.82, 2.24) is 14.7 Å². The molecule has 1 unspecified atom stereocenters. The van der Waals surface area contributed by atoms with Crippen LogP contribution in [-0.4, -0.2) is 38.8 Å². The Balaban J connectivity index is 1.93.